The Morgan fingerprint density at radius 3 is 2.38 bits per heavy atom. The van der Waals surface area contributed by atoms with E-state index in [2.05, 4.69) is 11.9 Å². The van der Waals surface area contributed by atoms with Crippen LogP contribution in [0, 0.1) is 0 Å². The van der Waals surface area contributed by atoms with Crippen LogP contribution in [0.3, 0.4) is 0 Å². The van der Waals surface area contributed by atoms with E-state index in [1.165, 1.54) is 0 Å². The number of aliphatic hydroxyl groups excluding tert-OH is 1. The monoisotopic (exact) mass is 335 g/mol. The van der Waals surface area contributed by atoms with Gasteiger partial charge in [-0.15, -0.1) is 0 Å². The van der Waals surface area contributed by atoms with Crippen LogP contribution in [0.25, 0.3) is 0 Å². The van der Waals surface area contributed by atoms with E-state index in [1.807, 2.05) is 30.3 Å². The molecule has 3 aliphatic heterocycles. The Morgan fingerprint density at radius 2 is 1.83 bits per heavy atom. The minimum absolute atomic E-state index is 0. The van der Waals surface area contributed by atoms with E-state index in [0.717, 1.165) is 18.4 Å². The van der Waals surface area contributed by atoms with E-state index in [-0.39, 0.29) is 33.5 Å². The number of aliphatic hydroxyl groups is 1. The van der Waals surface area contributed by atoms with Crippen molar-refractivity contribution in [3.8, 4) is 0 Å². The molecule has 6 atom stereocenters. The molecule has 1 aromatic rings. The first-order valence-electron chi connectivity index (χ1n) is 7.92. The van der Waals surface area contributed by atoms with Crippen LogP contribution in [0.5, 0.6) is 0 Å². The van der Waals surface area contributed by atoms with Crippen LogP contribution >= 0.6 is 0 Å². The van der Waals surface area contributed by atoms with Gasteiger partial charge in [-0.2, -0.15) is 0 Å². The summed E-state index contributed by atoms with van der Waals surface area (Å²) in [6.07, 6.45) is 2.26. The van der Waals surface area contributed by atoms with E-state index in [1.54, 1.807) is 0 Å². The molecule has 1 unspecified atom stereocenters. The lowest BCUT2D eigenvalue weighted by molar-refractivity contribution is -0.156. The lowest BCUT2D eigenvalue weighted by Crippen LogP contribution is -2.48. The van der Waals surface area contributed by atoms with Gasteiger partial charge in [-0.3, -0.25) is 9.69 Å². The normalized spacial score (nSPS) is 34.3. The zero-order valence-electron chi connectivity index (χ0n) is 12.6. The lowest BCUT2D eigenvalue weighted by atomic mass is 9.97. The summed E-state index contributed by atoms with van der Waals surface area (Å²) >= 11 is 0. The van der Waals surface area contributed by atoms with Gasteiger partial charge in [0.15, 0.2) is 0 Å². The van der Waals surface area contributed by atoms with Crippen molar-refractivity contribution < 1.29 is 19.4 Å². The summed E-state index contributed by atoms with van der Waals surface area (Å²) in [5.41, 5.74) is 0.803. The summed E-state index contributed by atoms with van der Waals surface area (Å²) in [6.45, 7) is -0.226. The number of piperidine rings is 1. The number of ether oxygens (including phenoxy) is 2. The fraction of sp³-hybridized carbons (Fsp3) is 0.632. The largest absolute Gasteiger partial charge is 0.462 e. The van der Waals surface area contributed by atoms with Crippen molar-refractivity contribution in [1.29, 1.82) is 0 Å². The van der Waals surface area contributed by atoms with Crippen LogP contribution in [-0.2, 0) is 14.3 Å². The molecule has 0 spiro atoms. The van der Waals surface area contributed by atoms with Crippen LogP contribution in [0.2, 0.25) is 0 Å². The number of benzene rings is 1. The van der Waals surface area contributed by atoms with Crippen molar-refractivity contribution in [3.63, 3.8) is 0 Å². The van der Waals surface area contributed by atoms with Gasteiger partial charge in [0, 0.05) is 24.9 Å². The molecule has 2 bridgehead atoms. The van der Waals surface area contributed by atoms with Crippen LogP contribution in [0.1, 0.15) is 39.2 Å². The zero-order chi connectivity index (χ0) is 15.3. The number of fused-ring (bicyclic) bond motifs is 5. The van der Waals surface area contributed by atoms with E-state index >= 15 is 0 Å². The Balaban J connectivity index is 0.00000104. The number of morpholine rings is 1. The standard InChI is InChI=1S/C17H21NO4.2CH4/c1-18-13-7-11(8-14(18)16-15(13)22-16)21-17(20)12(9-19)10-5-3-2-4-6-10;;/h2-6,11-16,19H,7-9H2,1H3;2*1H4/t11?,12-,13-,14+,15+,16+;;/m1../s1. The molecule has 3 saturated heterocycles. The van der Waals surface area contributed by atoms with Crippen molar-refractivity contribution in [1.82, 2.24) is 4.90 Å². The summed E-state index contributed by atoms with van der Waals surface area (Å²) < 4.78 is 11.4. The highest BCUT2D eigenvalue weighted by molar-refractivity contribution is 5.78. The molecular weight excluding hydrogens is 306 g/mol. The number of hydrogen-bond acceptors (Lipinski definition) is 5. The van der Waals surface area contributed by atoms with Gasteiger partial charge in [0.25, 0.3) is 0 Å². The summed E-state index contributed by atoms with van der Waals surface area (Å²) in [6, 6.07) is 10.1. The summed E-state index contributed by atoms with van der Waals surface area (Å²) in [7, 11) is 2.13. The van der Waals surface area contributed by atoms with Crippen LogP contribution in [-0.4, -0.2) is 60.0 Å². The Bertz CT molecular complexity index is 546. The minimum Gasteiger partial charge on any atom is -0.462 e. The third-order valence-electron chi connectivity index (χ3n) is 5.33. The molecule has 3 fully saturated rings. The van der Waals surface area contributed by atoms with Gasteiger partial charge in [0.1, 0.15) is 24.2 Å². The SMILES string of the molecule is C.C.CN1[C@@H]2CC(OC(=O)[C@H](CO)c3ccccc3)C[C@H]1[C@@H]1O[C@H]12. The average molecular weight is 335 g/mol. The minimum atomic E-state index is -0.593. The van der Waals surface area contributed by atoms with E-state index in [4.69, 9.17) is 9.47 Å². The quantitative estimate of drug-likeness (QED) is 0.675. The summed E-state index contributed by atoms with van der Waals surface area (Å²) in [4.78, 5) is 14.8. The molecule has 5 nitrogen and oxygen atoms in total. The third-order valence-corrected chi connectivity index (χ3v) is 5.33. The first-order valence-corrected chi connectivity index (χ1v) is 7.92. The Labute approximate surface area is 144 Å². The summed E-state index contributed by atoms with van der Waals surface area (Å²) in [5.74, 6) is -0.915. The highest BCUT2D eigenvalue weighted by atomic mass is 16.6. The second kappa shape index (κ2) is 7.21. The summed E-state index contributed by atoms with van der Waals surface area (Å²) in [5, 5.41) is 9.56. The average Bonchev–Trinajstić information content (AvgIpc) is 3.27. The zero-order valence-corrected chi connectivity index (χ0v) is 12.6. The number of esters is 1. The van der Waals surface area contributed by atoms with Gasteiger partial charge in [-0.05, 0) is 12.6 Å². The first-order chi connectivity index (χ1) is 10.7. The molecule has 3 aliphatic rings. The Kier molecular flexibility index (Phi) is 5.68. The number of likely N-dealkylation sites (N-methyl/N-ethyl adjacent to an activating group) is 1. The molecule has 4 rings (SSSR count). The molecule has 0 saturated carbocycles. The van der Waals surface area contributed by atoms with Gasteiger partial charge < -0.3 is 14.6 Å². The van der Waals surface area contributed by atoms with Crippen molar-refractivity contribution in [2.45, 2.75) is 64.0 Å². The second-order valence-electron chi connectivity index (χ2n) is 6.54. The predicted molar refractivity (Wildman–Crippen MR) is 92.8 cm³/mol. The number of epoxide rings is 1. The van der Waals surface area contributed by atoms with Gasteiger partial charge in [-0.1, -0.05) is 45.2 Å². The maximum absolute atomic E-state index is 12.4. The van der Waals surface area contributed by atoms with E-state index in [0.29, 0.717) is 24.3 Å². The molecule has 0 amide bonds. The second-order valence-corrected chi connectivity index (χ2v) is 6.54. The van der Waals surface area contributed by atoms with E-state index in [9.17, 15) is 9.90 Å². The highest BCUT2D eigenvalue weighted by Crippen LogP contribution is 2.48. The maximum atomic E-state index is 12.4. The molecule has 0 aliphatic carbocycles. The number of carbonyl (C=O) groups excluding carboxylic acids is 1. The van der Waals surface area contributed by atoms with Crippen LogP contribution in [0.4, 0.5) is 0 Å². The highest BCUT2D eigenvalue weighted by Gasteiger charge is 2.62. The topological polar surface area (TPSA) is 62.3 Å². The van der Waals surface area contributed by atoms with Gasteiger partial charge in [-0.25, -0.2) is 0 Å². The predicted octanol–water partition coefficient (Wildman–Crippen LogP) is 2.19. The third kappa shape index (κ3) is 3.08. The lowest BCUT2D eigenvalue weighted by Gasteiger charge is -2.38. The van der Waals surface area contributed by atoms with Gasteiger partial charge in [0.2, 0.25) is 0 Å². The molecule has 1 N–H and O–H groups in total. The Hall–Kier alpha value is -1.43. The van der Waals surface area contributed by atoms with Crippen molar-refractivity contribution in [2.75, 3.05) is 13.7 Å². The number of rotatable bonds is 4. The molecule has 5 heteroatoms. The fourth-order valence-electron chi connectivity index (χ4n) is 4.04. The van der Waals surface area contributed by atoms with Gasteiger partial charge in [0.05, 0.1) is 6.61 Å². The van der Waals surface area contributed by atoms with Crippen molar-refractivity contribution in [3.05, 3.63) is 35.9 Å². The molecule has 3 heterocycles. The molecule has 0 aromatic heterocycles. The Morgan fingerprint density at radius 1 is 1.25 bits per heavy atom. The molecule has 1 aromatic carbocycles. The number of hydrogen-bond donors (Lipinski definition) is 1. The van der Waals surface area contributed by atoms with E-state index < -0.39 is 5.92 Å². The van der Waals surface area contributed by atoms with Crippen molar-refractivity contribution >= 4 is 5.97 Å². The molecule has 0 radical (unpaired) electrons. The fourth-order valence-corrected chi connectivity index (χ4v) is 4.04. The first kappa shape index (κ1) is 18.9. The number of nitrogens with zero attached hydrogens (tertiary/aromatic N) is 1. The van der Waals surface area contributed by atoms with Crippen LogP contribution < -0.4 is 0 Å². The van der Waals surface area contributed by atoms with Gasteiger partial charge >= 0.3 is 5.97 Å². The number of carbonyl (C=O) groups is 1. The van der Waals surface area contributed by atoms with Crippen molar-refractivity contribution in [2.24, 2.45) is 0 Å². The maximum Gasteiger partial charge on any atom is 0.316 e. The molecule has 134 valence electrons. The molecule has 24 heavy (non-hydrogen) atoms. The molecular formula is C19H29NO4. The smallest absolute Gasteiger partial charge is 0.316 e. The van der Waals surface area contributed by atoms with Crippen LogP contribution in [0.15, 0.2) is 30.3 Å².